The molecule has 3 amide bonds. The molecule has 0 aromatic heterocycles. The monoisotopic (exact) mass is 371 g/mol. The van der Waals surface area contributed by atoms with Crippen LogP contribution in [0.1, 0.15) is 21.5 Å². The number of anilines is 1. The Kier molecular flexibility index (Phi) is 6.21. The number of nitrogens with one attached hydrogen (secondary N) is 2. The molecule has 9 nitrogen and oxygen atoms in total. The lowest BCUT2D eigenvalue weighted by Gasteiger charge is -2.09. The molecule has 0 atom stereocenters. The third-order valence-corrected chi connectivity index (χ3v) is 3.67. The summed E-state index contributed by atoms with van der Waals surface area (Å²) < 4.78 is 4.73. The number of rotatable bonds is 5. The predicted molar refractivity (Wildman–Crippen MR) is 96.5 cm³/mol. The van der Waals surface area contributed by atoms with Crippen molar-refractivity contribution in [3.05, 3.63) is 69.3 Å². The number of nitro benzene ring substituents is 1. The van der Waals surface area contributed by atoms with Gasteiger partial charge in [-0.15, -0.1) is 0 Å². The van der Waals surface area contributed by atoms with E-state index in [-0.39, 0.29) is 5.56 Å². The van der Waals surface area contributed by atoms with Crippen molar-refractivity contribution in [1.29, 1.82) is 0 Å². The van der Waals surface area contributed by atoms with E-state index in [1.807, 2.05) is 25.2 Å². The maximum absolute atomic E-state index is 11.9. The molecule has 0 aliphatic heterocycles. The number of benzene rings is 2. The number of carbonyl (C=O) groups is 3. The minimum Gasteiger partial charge on any atom is -0.452 e. The molecule has 2 aromatic rings. The summed E-state index contributed by atoms with van der Waals surface area (Å²) in [5.41, 5.74) is 1.81. The summed E-state index contributed by atoms with van der Waals surface area (Å²) in [7, 11) is 0. The van der Waals surface area contributed by atoms with E-state index in [2.05, 4.69) is 5.32 Å². The molecule has 27 heavy (non-hydrogen) atoms. The number of imide groups is 1. The van der Waals surface area contributed by atoms with Crippen molar-refractivity contribution in [3.63, 3.8) is 0 Å². The lowest BCUT2D eigenvalue weighted by molar-refractivity contribution is -0.385. The van der Waals surface area contributed by atoms with E-state index < -0.39 is 35.1 Å². The molecule has 2 aromatic carbocycles. The molecule has 0 saturated heterocycles. The average Bonchev–Trinajstić information content (AvgIpc) is 2.62. The topological polar surface area (TPSA) is 128 Å². The standard InChI is InChI=1S/C18H17N3O6/c1-11-7-8-13(9-12(11)2)19-18(24)20-16(22)10-27-17(23)14-5-3-4-6-15(14)21(25)26/h3-9H,10H2,1-2H3,(H2,19,20,22,24). The normalized spacial score (nSPS) is 10.0. The highest BCUT2D eigenvalue weighted by atomic mass is 16.6. The molecule has 140 valence electrons. The first-order chi connectivity index (χ1) is 12.8. The summed E-state index contributed by atoms with van der Waals surface area (Å²) in [4.78, 5) is 45.6. The van der Waals surface area contributed by atoms with Crippen LogP contribution in [0.3, 0.4) is 0 Å². The van der Waals surface area contributed by atoms with E-state index in [0.29, 0.717) is 5.69 Å². The Balaban J connectivity index is 1.88. The van der Waals surface area contributed by atoms with Crippen LogP contribution < -0.4 is 10.6 Å². The molecule has 0 heterocycles. The maximum Gasteiger partial charge on any atom is 0.345 e. The Morgan fingerprint density at radius 3 is 2.44 bits per heavy atom. The second-order valence-electron chi connectivity index (χ2n) is 5.65. The van der Waals surface area contributed by atoms with Gasteiger partial charge in [0.2, 0.25) is 0 Å². The van der Waals surface area contributed by atoms with E-state index in [1.54, 1.807) is 12.1 Å². The Labute approximate surface area is 154 Å². The summed E-state index contributed by atoms with van der Waals surface area (Å²) in [6, 6.07) is 9.65. The van der Waals surface area contributed by atoms with Crippen LogP contribution in [0.15, 0.2) is 42.5 Å². The van der Waals surface area contributed by atoms with E-state index in [9.17, 15) is 24.5 Å². The van der Waals surface area contributed by atoms with Gasteiger partial charge in [-0.05, 0) is 43.2 Å². The molecule has 0 aliphatic rings. The van der Waals surface area contributed by atoms with Crippen molar-refractivity contribution in [3.8, 4) is 0 Å². The van der Waals surface area contributed by atoms with Crippen LogP contribution >= 0.6 is 0 Å². The van der Waals surface area contributed by atoms with Crippen molar-refractivity contribution in [2.75, 3.05) is 11.9 Å². The van der Waals surface area contributed by atoms with E-state index in [0.717, 1.165) is 17.2 Å². The molecule has 0 saturated carbocycles. The van der Waals surface area contributed by atoms with Gasteiger partial charge in [-0.2, -0.15) is 0 Å². The van der Waals surface area contributed by atoms with Gasteiger partial charge in [0.15, 0.2) is 6.61 Å². The number of hydrogen-bond donors (Lipinski definition) is 2. The number of para-hydroxylation sites is 1. The maximum atomic E-state index is 11.9. The van der Waals surface area contributed by atoms with E-state index in [1.165, 1.54) is 18.2 Å². The second-order valence-corrected chi connectivity index (χ2v) is 5.65. The van der Waals surface area contributed by atoms with Crippen LogP contribution in [0.25, 0.3) is 0 Å². The number of ether oxygens (including phenoxy) is 1. The fourth-order valence-electron chi connectivity index (χ4n) is 2.16. The van der Waals surface area contributed by atoms with Gasteiger partial charge in [0.1, 0.15) is 5.56 Å². The molecule has 0 radical (unpaired) electrons. The van der Waals surface area contributed by atoms with Gasteiger partial charge in [0.05, 0.1) is 4.92 Å². The number of nitro groups is 1. The highest BCUT2D eigenvalue weighted by Crippen LogP contribution is 2.18. The van der Waals surface area contributed by atoms with Crippen molar-refractivity contribution in [2.45, 2.75) is 13.8 Å². The summed E-state index contributed by atoms with van der Waals surface area (Å²) in [6.07, 6.45) is 0. The van der Waals surface area contributed by atoms with Crippen molar-refractivity contribution in [2.24, 2.45) is 0 Å². The average molecular weight is 371 g/mol. The fourth-order valence-corrected chi connectivity index (χ4v) is 2.16. The molecule has 0 unspecified atom stereocenters. The minimum atomic E-state index is -1.04. The van der Waals surface area contributed by atoms with Gasteiger partial charge in [-0.25, -0.2) is 9.59 Å². The number of carbonyl (C=O) groups excluding carboxylic acids is 3. The summed E-state index contributed by atoms with van der Waals surface area (Å²) >= 11 is 0. The Morgan fingerprint density at radius 2 is 1.78 bits per heavy atom. The molecule has 0 bridgehead atoms. The number of esters is 1. The van der Waals surface area contributed by atoms with Gasteiger partial charge < -0.3 is 10.1 Å². The van der Waals surface area contributed by atoms with Crippen LogP contribution in [-0.4, -0.2) is 29.4 Å². The largest absolute Gasteiger partial charge is 0.452 e. The zero-order valence-corrected chi connectivity index (χ0v) is 14.6. The first-order valence-electron chi connectivity index (χ1n) is 7.86. The highest BCUT2D eigenvalue weighted by molar-refractivity contribution is 6.02. The van der Waals surface area contributed by atoms with Crippen molar-refractivity contribution >= 4 is 29.3 Å². The predicted octanol–water partition coefficient (Wildman–Crippen LogP) is 2.72. The molecule has 2 rings (SSSR count). The SMILES string of the molecule is Cc1ccc(NC(=O)NC(=O)COC(=O)c2ccccc2[N+](=O)[O-])cc1C. The molecule has 0 fully saturated rings. The molecule has 0 aliphatic carbocycles. The molecular formula is C18H17N3O6. The summed E-state index contributed by atoms with van der Waals surface area (Å²) in [5, 5.41) is 15.4. The van der Waals surface area contributed by atoms with Crippen LogP contribution in [0.4, 0.5) is 16.2 Å². The zero-order chi connectivity index (χ0) is 20.0. The number of amides is 3. The number of nitrogens with zero attached hydrogens (tertiary/aromatic N) is 1. The van der Waals surface area contributed by atoms with Crippen molar-refractivity contribution < 1.29 is 24.0 Å². The number of hydrogen-bond acceptors (Lipinski definition) is 6. The lowest BCUT2D eigenvalue weighted by atomic mass is 10.1. The van der Waals surface area contributed by atoms with E-state index in [4.69, 9.17) is 4.74 Å². The van der Waals surface area contributed by atoms with Crippen LogP contribution in [-0.2, 0) is 9.53 Å². The van der Waals surface area contributed by atoms with Crippen molar-refractivity contribution in [1.82, 2.24) is 5.32 Å². The third kappa shape index (κ3) is 5.36. The fraction of sp³-hybridized carbons (Fsp3) is 0.167. The first kappa shape index (κ1) is 19.6. The van der Waals surface area contributed by atoms with Gasteiger partial charge in [-0.3, -0.25) is 20.2 Å². The zero-order valence-electron chi connectivity index (χ0n) is 14.6. The first-order valence-corrected chi connectivity index (χ1v) is 7.86. The Morgan fingerprint density at radius 1 is 1.07 bits per heavy atom. The quantitative estimate of drug-likeness (QED) is 0.472. The van der Waals surface area contributed by atoms with Gasteiger partial charge in [0.25, 0.3) is 11.6 Å². The molecular weight excluding hydrogens is 354 g/mol. The minimum absolute atomic E-state index is 0.283. The van der Waals surface area contributed by atoms with Gasteiger partial charge in [0, 0.05) is 11.8 Å². The smallest absolute Gasteiger partial charge is 0.345 e. The molecule has 9 heteroatoms. The van der Waals surface area contributed by atoms with Gasteiger partial charge >= 0.3 is 12.0 Å². The second kappa shape index (κ2) is 8.56. The summed E-state index contributed by atoms with van der Waals surface area (Å²) in [6.45, 7) is 3.05. The third-order valence-electron chi connectivity index (χ3n) is 3.67. The van der Waals surface area contributed by atoms with Crippen LogP contribution in [0.2, 0.25) is 0 Å². The number of urea groups is 1. The highest BCUT2D eigenvalue weighted by Gasteiger charge is 2.21. The Bertz CT molecular complexity index is 910. The summed E-state index contributed by atoms with van der Waals surface area (Å²) in [5.74, 6) is -1.91. The lowest BCUT2D eigenvalue weighted by Crippen LogP contribution is -2.37. The van der Waals surface area contributed by atoms with Crippen LogP contribution in [0.5, 0.6) is 0 Å². The van der Waals surface area contributed by atoms with Gasteiger partial charge in [-0.1, -0.05) is 18.2 Å². The number of aryl methyl sites for hydroxylation is 2. The molecule has 0 spiro atoms. The van der Waals surface area contributed by atoms with Crippen LogP contribution in [0, 0.1) is 24.0 Å². The molecule has 2 N–H and O–H groups in total. The Hall–Kier alpha value is -3.75. The van der Waals surface area contributed by atoms with E-state index >= 15 is 0 Å².